The van der Waals surface area contributed by atoms with Crippen LogP contribution in [0.3, 0.4) is 0 Å². The number of nitro groups is 1. The van der Waals surface area contributed by atoms with Crippen molar-refractivity contribution < 1.29 is 9.72 Å². The van der Waals surface area contributed by atoms with Crippen LogP contribution in [0.2, 0.25) is 0 Å². The van der Waals surface area contributed by atoms with Crippen molar-refractivity contribution in [3.8, 4) is 0 Å². The highest BCUT2D eigenvalue weighted by Crippen LogP contribution is 2.27. The minimum atomic E-state index is -0.520. The molecular weight excluding hydrogens is 278 g/mol. The smallest absolute Gasteiger partial charge is 0.270 e. The summed E-state index contributed by atoms with van der Waals surface area (Å²) in [6, 6.07) is 3.98. The summed E-state index contributed by atoms with van der Waals surface area (Å²) in [4.78, 5) is 24.5. The van der Waals surface area contributed by atoms with Gasteiger partial charge in [0.25, 0.3) is 11.6 Å². The zero-order valence-corrected chi connectivity index (χ0v) is 12.2. The Bertz CT molecular complexity index is 540. The minimum absolute atomic E-state index is 0.116. The number of nitro benzene ring substituents is 1. The number of carbonyl (C=O) groups excluding carboxylic acids is 1. The minimum Gasteiger partial charge on any atom is -0.398 e. The third-order valence-electron chi connectivity index (χ3n) is 3.18. The van der Waals surface area contributed by atoms with Crippen LogP contribution in [0.4, 0.5) is 11.4 Å². The lowest BCUT2D eigenvalue weighted by Gasteiger charge is -2.34. The number of nitrogens with two attached hydrogens (primary N) is 1. The first-order chi connectivity index (χ1) is 9.38. The second kappa shape index (κ2) is 5.70. The number of non-ortho nitro benzene ring substituents is 1. The lowest BCUT2D eigenvalue weighted by atomic mass is 10.1. The second-order valence-corrected chi connectivity index (χ2v) is 6.88. The van der Waals surface area contributed by atoms with E-state index in [-0.39, 0.29) is 22.8 Å². The first-order valence-corrected chi connectivity index (χ1v) is 7.31. The summed E-state index contributed by atoms with van der Waals surface area (Å²) < 4.78 is 0. The van der Waals surface area contributed by atoms with E-state index in [1.165, 1.54) is 18.2 Å². The number of carbonyl (C=O) groups is 1. The van der Waals surface area contributed by atoms with Crippen LogP contribution in [0.1, 0.15) is 24.2 Å². The van der Waals surface area contributed by atoms with Gasteiger partial charge in [-0.3, -0.25) is 14.9 Å². The van der Waals surface area contributed by atoms with Crippen molar-refractivity contribution in [2.75, 3.05) is 18.8 Å². The second-order valence-electron chi connectivity index (χ2n) is 5.00. The molecule has 0 radical (unpaired) electrons. The van der Waals surface area contributed by atoms with Gasteiger partial charge in [0.2, 0.25) is 0 Å². The van der Waals surface area contributed by atoms with Gasteiger partial charge in [-0.2, -0.15) is 11.8 Å². The standard InChI is InChI=1S/C13H17N3O3S/c1-8-6-15(7-9(2)20-8)13(17)11-5-10(16(18)19)3-4-12(11)14/h3-5,8-9H,6-7,14H2,1-2H3. The Balaban J connectivity index is 2.28. The summed E-state index contributed by atoms with van der Waals surface area (Å²) in [6.45, 7) is 5.40. The number of anilines is 1. The number of rotatable bonds is 2. The SMILES string of the molecule is CC1CN(C(=O)c2cc([N+](=O)[O-])ccc2N)CC(C)S1. The quantitative estimate of drug-likeness (QED) is 0.513. The van der Waals surface area contributed by atoms with E-state index in [4.69, 9.17) is 5.73 Å². The van der Waals surface area contributed by atoms with E-state index in [1.54, 1.807) is 4.90 Å². The van der Waals surface area contributed by atoms with Gasteiger partial charge in [0.15, 0.2) is 0 Å². The van der Waals surface area contributed by atoms with E-state index in [2.05, 4.69) is 13.8 Å². The van der Waals surface area contributed by atoms with Gasteiger partial charge >= 0.3 is 0 Å². The molecule has 0 saturated carbocycles. The molecule has 7 heteroatoms. The van der Waals surface area contributed by atoms with Crippen LogP contribution in [0.15, 0.2) is 18.2 Å². The van der Waals surface area contributed by atoms with E-state index in [1.807, 2.05) is 11.8 Å². The summed E-state index contributed by atoms with van der Waals surface area (Å²) in [6.07, 6.45) is 0. The molecule has 0 aromatic heterocycles. The molecule has 1 saturated heterocycles. The highest BCUT2D eigenvalue weighted by molar-refractivity contribution is 8.00. The molecule has 2 N–H and O–H groups in total. The maximum Gasteiger partial charge on any atom is 0.270 e. The average molecular weight is 295 g/mol. The maximum absolute atomic E-state index is 12.5. The molecule has 0 spiro atoms. The molecule has 1 aromatic rings. The Kier molecular flexibility index (Phi) is 4.17. The summed E-state index contributed by atoms with van der Waals surface area (Å²) in [7, 11) is 0. The van der Waals surface area contributed by atoms with Gasteiger partial charge in [-0.1, -0.05) is 13.8 Å². The molecular formula is C13H17N3O3S. The van der Waals surface area contributed by atoms with Gasteiger partial charge < -0.3 is 10.6 Å². The highest BCUT2D eigenvalue weighted by atomic mass is 32.2. The molecule has 0 aliphatic carbocycles. The van der Waals surface area contributed by atoms with Gasteiger partial charge in [0.05, 0.1) is 10.5 Å². The Morgan fingerprint density at radius 1 is 1.40 bits per heavy atom. The molecule has 1 aliphatic heterocycles. The monoisotopic (exact) mass is 295 g/mol. The number of amides is 1. The van der Waals surface area contributed by atoms with Crippen molar-refractivity contribution in [3.05, 3.63) is 33.9 Å². The summed E-state index contributed by atoms with van der Waals surface area (Å²) in [5, 5.41) is 11.5. The number of nitrogen functional groups attached to an aromatic ring is 1. The summed E-state index contributed by atoms with van der Waals surface area (Å²) >= 11 is 1.84. The molecule has 1 aliphatic rings. The first kappa shape index (κ1) is 14.6. The highest BCUT2D eigenvalue weighted by Gasteiger charge is 2.28. The third kappa shape index (κ3) is 3.04. The van der Waals surface area contributed by atoms with Crippen molar-refractivity contribution >= 4 is 29.0 Å². The Hall–Kier alpha value is -1.76. The molecule has 1 heterocycles. The van der Waals surface area contributed by atoms with Crippen molar-refractivity contribution in [1.82, 2.24) is 4.90 Å². The van der Waals surface area contributed by atoms with Gasteiger partial charge in [-0.25, -0.2) is 0 Å². The maximum atomic E-state index is 12.5. The van der Waals surface area contributed by atoms with Crippen LogP contribution in [0, 0.1) is 10.1 Å². The Morgan fingerprint density at radius 3 is 2.55 bits per heavy atom. The third-order valence-corrected chi connectivity index (χ3v) is 4.41. The number of hydrogen-bond donors (Lipinski definition) is 1. The fourth-order valence-electron chi connectivity index (χ4n) is 2.36. The number of nitrogens with zero attached hydrogens (tertiary/aromatic N) is 2. The van der Waals surface area contributed by atoms with Crippen LogP contribution in [0.5, 0.6) is 0 Å². The fraction of sp³-hybridized carbons (Fsp3) is 0.462. The number of benzene rings is 1. The van der Waals surface area contributed by atoms with Gasteiger partial charge in [-0.15, -0.1) is 0 Å². The van der Waals surface area contributed by atoms with E-state index in [0.717, 1.165) is 0 Å². The summed E-state index contributed by atoms with van der Waals surface area (Å²) in [5.74, 6) is -0.231. The molecule has 20 heavy (non-hydrogen) atoms. The van der Waals surface area contributed by atoms with Gasteiger partial charge in [0, 0.05) is 41.4 Å². The predicted molar refractivity (Wildman–Crippen MR) is 79.9 cm³/mol. The zero-order valence-electron chi connectivity index (χ0n) is 11.4. The zero-order chi connectivity index (χ0) is 14.9. The van der Waals surface area contributed by atoms with Crippen LogP contribution in [0.25, 0.3) is 0 Å². The summed E-state index contributed by atoms with van der Waals surface area (Å²) in [5.41, 5.74) is 6.17. The van der Waals surface area contributed by atoms with E-state index in [0.29, 0.717) is 23.6 Å². The average Bonchev–Trinajstić information content (AvgIpc) is 2.37. The molecule has 1 amide bonds. The molecule has 2 rings (SSSR count). The number of hydrogen-bond acceptors (Lipinski definition) is 5. The van der Waals surface area contributed by atoms with Crippen molar-refractivity contribution in [2.45, 2.75) is 24.3 Å². The lowest BCUT2D eigenvalue weighted by molar-refractivity contribution is -0.384. The van der Waals surface area contributed by atoms with E-state index >= 15 is 0 Å². The van der Waals surface area contributed by atoms with Crippen LogP contribution < -0.4 is 5.73 Å². The molecule has 0 bridgehead atoms. The van der Waals surface area contributed by atoms with Gasteiger partial charge in [0.1, 0.15) is 0 Å². The van der Waals surface area contributed by atoms with Crippen LogP contribution in [-0.4, -0.2) is 39.3 Å². The lowest BCUT2D eigenvalue weighted by Crippen LogP contribution is -2.44. The molecule has 2 atom stereocenters. The molecule has 1 aromatic carbocycles. The Morgan fingerprint density at radius 2 is 2.00 bits per heavy atom. The Labute approximate surface area is 121 Å². The largest absolute Gasteiger partial charge is 0.398 e. The molecule has 6 nitrogen and oxygen atoms in total. The van der Waals surface area contributed by atoms with Crippen molar-refractivity contribution in [2.24, 2.45) is 0 Å². The number of thioether (sulfide) groups is 1. The van der Waals surface area contributed by atoms with Crippen molar-refractivity contribution in [3.63, 3.8) is 0 Å². The topological polar surface area (TPSA) is 89.5 Å². The first-order valence-electron chi connectivity index (χ1n) is 6.37. The fourth-order valence-corrected chi connectivity index (χ4v) is 3.68. The molecule has 2 unspecified atom stereocenters. The van der Waals surface area contributed by atoms with Crippen LogP contribution in [-0.2, 0) is 0 Å². The predicted octanol–water partition coefficient (Wildman–Crippen LogP) is 2.14. The molecule has 108 valence electrons. The van der Waals surface area contributed by atoms with E-state index in [9.17, 15) is 14.9 Å². The van der Waals surface area contributed by atoms with Crippen molar-refractivity contribution in [1.29, 1.82) is 0 Å². The van der Waals surface area contributed by atoms with Gasteiger partial charge in [-0.05, 0) is 6.07 Å². The van der Waals surface area contributed by atoms with Crippen LogP contribution >= 0.6 is 11.8 Å². The normalized spacial score (nSPS) is 22.6. The van der Waals surface area contributed by atoms with E-state index < -0.39 is 4.92 Å². The molecule has 1 fully saturated rings.